The van der Waals surface area contributed by atoms with E-state index >= 15 is 0 Å². The molecule has 2 heterocycles. The predicted molar refractivity (Wildman–Crippen MR) is 91.4 cm³/mol. The number of carbonyl (C=O) groups excluding carboxylic acids is 2. The van der Waals surface area contributed by atoms with Crippen LogP contribution >= 0.6 is 0 Å². The van der Waals surface area contributed by atoms with Crippen LogP contribution in [0.25, 0.3) is 0 Å². The lowest BCUT2D eigenvalue weighted by molar-refractivity contribution is -0.313. The topological polar surface area (TPSA) is 87.7 Å². The van der Waals surface area contributed by atoms with E-state index in [2.05, 4.69) is 5.32 Å². The molecule has 132 valence electrons. The molecule has 2 bridgehead atoms. The number of aliphatic carboxylic acids is 1. The minimum absolute atomic E-state index is 0.396. The molecule has 2 aromatic rings. The molecule has 4 rings (SSSR count). The summed E-state index contributed by atoms with van der Waals surface area (Å²) in [5.74, 6) is -2.08. The Balaban J connectivity index is 1.43. The van der Waals surface area contributed by atoms with Crippen LogP contribution < -0.4 is 15.2 Å². The summed E-state index contributed by atoms with van der Waals surface area (Å²) >= 11 is 0. The zero-order valence-electron chi connectivity index (χ0n) is 13.7. The quantitative estimate of drug-likeness (QED) is 0.830. The van der Waals surface area contributed by atoms with Crippen LogP contribution in [0.4, 0.5) is 5.69 Å². The van der Waals surface area contributed by atoms with Crippen LogP contribution in [0.15, 0.2) is 66.7 Å². The number of nitrogens with one attached hydrogen (secondary N) is 1. The SMILES string of the molecule is O=C([O-])[C@@H]1[C@@H](C(=O)Nc2ccc(Oc3ccccc3)cc2)[C@H]2C=C[C@@H]1O2. The first-order valence-corrected chi connectivity index (χ1v) is 8.30. The third-order valence-electron chi connectivity index (χ3n) is 4.58. The van der Waals surface area contributed by atoms with Crippen molar-refractivity contribution < 1.29 is 24.2 Å². The van der Waals surface area contributed by atoms with Gasteiger partial charge in [-0.15, -0.1) is 0 Å². The van der Waals surface area contributed by atoms with Crippen LogP contribution in [0.5, 0.6) is 11.5 Å². The lowest BCUT2D eigenvalue weighted by Gasteiger charge is -2.25. The Morgan fingerprint density at radius 2 is 1.50 bits per heavy atom. The molecular formula is C20H16NO5-. The number of anilines is 1. The molecule has 4 atom stereocenters. The number of benzene rings is 2. The third-order valence-corrected chi connectivity index (χ3v) is 4.58. The van der Waals surface area contributed by atoms with E-state index in [1.54, 1.807) is 36.4 Å². The van der Waals surface area contributed by atoms with Crippen LogP contribution in [-0.4, -0.2) is 24.1 Å². The van der Waals surface area contributed by atoms with E-state index in [4.69, 9.17) is 9.47 Å². The summed E-state index contributed by atoms with van der Waals surface area (Å²) in [4.78, 5) is 23.9. The standard InChI is InChI=1S/C20H17NO5/c22-19(17-15-10-11-16(26-15)18(17)20(23)24)21-12-6-8-14(9-7-12)25-13-4-2-1-3-5-13/h1-11,15-18H,(H,21,22)(H,23,24)/p-1/t15-,16+,17+,18+/m1/s1. The van der Waals surface area contributed by atoms with Crippen molar-refractivity contribution in [3.05, 3.63) is 66.7 Å². The molecule has 0 spiro atoms. The fourth-order valence-electron chi connectivity index (χ4n) is 3.36. The molecule has 2 aliphatic heterocycles. The molecule has 0 aliphatic carbocycles. The molecule has 6 nitrogen and oxygen atoms in total. The molecule has 1 N–H and O–H groups in total. The second-order valence-electron chi connectivity index (χ2n) is 6.25. The van der Waals surface area contributed by atoms with Crippen molar-refractivity contribution in [3.8, 4) is 11.5 Å². The van der Waals surface area contributed by atoms with E-state index in [1.807, 2.05) is 30.3 Å². The fraction of sp³-hybridized carbons (Fsp3) is 0.200. The zero-order valence-corrected chi connectivity index (χ0v) is 13.7. The van der Waals surface area contributed by atoms with Crippen molar-refractivity contribution in [2.24, 2.45) is 11.8 Å². The van der Waals surface area contributed by atoms with Gasteiger partial charge < -0.3 is 24.7 Å². The molecule has 6 heteroatoms. The first kappa shape index (κ1) is 16.4. The number of fused-ring (bicyclic) bond motifs is 2. The second kappa shape index (κ2) is 6.65. The van der Waals surface area contributed by atoms with Crippen LogP contribution in [0.2, 0.25) is 0 Å². The lowest BCUT2D eigenvalue weighted by Crippen LogP contribution is -2.45. The van der Waals surface area contributed by atoms with Gasteiger partial charge in [-0.25, -0.2) is 0 Å². The number of carbonyl (C=O) groups is 2. The molecule has 2 aromatic carbocycles. The second-order valence-corrected chi connectivity index (χ2v) is 6.25. The van der Waals surface area contributed by atoms with Gasteiger partial charge in [0.2, 0.25) is 5.91 Å². The van der Waals surface area contributed by atoms with Gasteiger partial charge in [0.1, 0.15) is 11.5 Å². The summed E-state index contributed by atoms with van der Waals surface area (Å²) in [5, 5.41) is 14.1. The van der Waals surface area contributed by atoms with Gasteiger partial charge in [0.05, 0.1) is 18.1 Å². The van der Waals surface area contributed by atoms with Crippen LogP contribution in [0.3, 0.4) is 0 Å². The minimum Gasteiger partial charge on any atom is -0.550 e. The van der Waals surface area contributed by atoms with E-state index in [9.17, 15) is 14.7 Å². The molecule has 1 amide bonds. The summed E-state index contributed by atoms with van der Waals surface area (Å²) in [5.41, 5.74) is 0.555. The Morgan fingerprint density at radius 3 is 2.15 bits per heavy atom. The number of carboxylic acid groups (broad SMARTS) is 1. The Morgan fingerprint density at radius 1 is 0.885 bits per heavy atom. The smallest absolute Gasteiger partial charge is 0.231 e. The highest BCUT2D eigenvalue weighted by molar-refractivity contribution is 5.96. The fourth-order valence-corrected chi connectivity index (χ4v) is 3.36. The first-order valence-electron chi connectivity index (χ1n) is 8.30. The number of ether oxygens (including phenoxy) is 2. The first-order chi connectivity index (χ1) is 12.6. The van der Waals surface area contributed by atoms with Gasteiger partial charge in [-0.05, 0) is 36.4 Å². The van der Waals surface area contributed by atoms with E-state index < -0.39 is 35.9 Å². The maximum atomic E-state index is 12.5. The van der Waals surface area contributed by atoms with Crippen molar-refractivity contribution in [1.29, 1.82) is 0 Å². The largest absolute Gasteiger partial charge is 0.550 e. The molecule has 1 saturated heterocycles. The predicted octanol–water partition coefficient (Wildman–Crippen LogP) is 1.74. The average molecular weight is 350 g/mol. The molecule has 0 radical (unpaired) electrons. The summed E-state index contributed by atoms with van der Waals surface area (Å²) in [6.07, 6.45) is 2.28. The molecular weight excluding hydrogens is 334 g/mol. The highest BCUT2D eigenvalue weighted by atomic mass is 16.5. The number of carboxylic acids is 1. The molecule has 1 fully saturated rings. The summed E-state index contributed by atoms with van der Waals surface area (Å²) in [6.45, 7) is 0. The number of para-hydroxylation sites is 1. The van der Waals surface area contributed by atoms with Gasteiger partial charge in [-0.3, -0.25) is 4.79 Å². The van der Waals surface area contributed by atoms with Crippen LogP contribution in [0, 0.1) is 11.8 Å². The molecule has 26 heavy (non-hydrogen) atoms. The highest BCUT2D eigenvalue weighted by Gasteiger charge is 2.50. The van der Waals surface area contributed by atoms with Crippen LogP contribution in [0.1, 0.15) is 0 Å². The Labute approximate surface area is 150 Å². The third kappa shape index (κ3) is 3.07. The lowest BCUT2D eigenvalue weighted by atomic mass is 9.82. The van der Waals surface area contributed by atoms with E-state index in [0.717, 1.165) is 0 Å². The van der Waals surface area contributed by atoms with Crippen molar-refractivity contribution >= 4 is 17.6 Å². The van der Waals surface area contributed by atoms with Gasteiger partial charge in [0.25, 0.3) is 0 Å². The van der Waals surface area contributed by atoms with Crippen molar-refractivity contribution in [2.75, 3.05) is 5.32 Å². The van der Waals surface area contributed by atoms with Gasteiger partial charge in [0.15, 0.2) is 0 Å². The Bertz CT molecular complexity index is 846. The van der Waals surface area contributed by atoms with E-state index in [0.29, 0.717) is 17.2 Å². The number of amides is 1. The van der Waals surface area contributed by atoms with Crippen molar-refractivity contribution in [1.82, 2.24) is 0 Å². The van der Waals surface area contributed by atoms with Gasteiger partial charge >= 0.3 is 0 Å². The molecule has 0 unspecified atom stereocenters. The number of hydrogen-bond acceptors (Lipinski definition) is 5. The van der Waals surface area contributed by atoms with E-state index in [-0.39, 0.29) is 0 Å². The summed E-state index contributed by atoms with van der Waals surface area (Å²) < 4.78 is 11.2. The normalized spacial score (nSPS) is 25.8. The average Bonchev–Trinajstić information content (AvgIpc) is 3.25. The molecule has 0 aromatic heterocycles. The Hall–Kier alpha value is -3.12. The zero-order chi connectivity index (χ0) is 18.1. The van der Waals surface area contributed by atoms with Gasteiger partial charge in [0, 0.05) is 17.6 Å². The van der Waals surface area contributed by atoms with Crippen molar-refractivity contribution in [3.63, 3.8) is 0 Å². The highest BCUT2D eigenvalue weighted by Crippen LogP contribution is 2.39. The molecule has 2 aliphatic rings. The van der Waals surface area contributed by atoms with Crippen molar-refractivity contribution in [2.45, 2.75) is 12.2 Å². The monoisotopic (exact) mass is 350 g/mol. The maximum Gasteiger partial charge on any atom is 0.231 e. The Kier molecular flexibility index (Phi) is 4.18. The number of hydrogen-bond donors (Lipinski definition) is 1. The van der Waals surface area contributed by atoms with Gasteiger partial charge in [-0.2, -0.15) is 0 Å². The summed E-state index contributed by atoms with van der Waals surface area (Å²) in [6, 6.07) is 16.2. The van der Waals surface area contributed by atoms with Crippen LogP contribution in [-0.2, 0) is 14.3 Å². The minimum atomic E-state index is -1.27. The maximum absolute atomic E-state index is 12.5. The summed E-state index contributed by atoms with van der Waals surface area (Å²) in [7, 11) is 0. The van der Waals surface area contributed by atoms with E-state index in [1.165, 1.54) is 0 Å². The molecule has 0 saturated carbocycles. The number of rotatable bonds is 5. The van der Waals surface area contributed by atoms with Gasteiger partial charge in [-0.1, -0.05) is 30.4 Å².